The fourth-order valence-electron chi connectivity index (χ4n) is 3.43. The Morgan fingerprint density at radius 3 is 2.00 bits per heavy atom. The molecular formula is C19H22N2O. The van der Waals surface area contributed by atoms with E-state index in [-0.39, 0.29) is 18.0 Å². The van der Waals surface area contributed by atoms with Crippen LogP contribution in [0.15, 0.2) is 72.4 Å². The number of benzene rings is 2. The summed E-state index contributed by atoms with van der Waals surface area (Å²) in [7, 11) is 2.15. The van der Waals surface area contributed by atoms with Crippen LogP contribution in [0.25, 0.3) is 0 Å². The van der Waals surface area contributed by atoms with Crippen LogP contribution >= 0.6 is 0 Å². The second-order valence-corrected chi connectivity index (χ2v) is 5.90. The summed E-state index contributed by atoms with van der Waals surface area (Å²) in [5.41, 5.74) is 5.77. The van der Waals surface area contributed by atoms with Crippen LogP contribution in [-0.2, 0) is 0 Å². The number of rotatable bonds is 3. The third-order valence-electron chi connectivity index (χ3n) is 4.59. The molecule has 22 heavy (non-hydrogen) atoms. The molecule has 3 nitrogen and oxygen atoms in total. The lowest BCUT2D eigenvalue weighted by atomic mass is 9.84. The highest BCUT2D eigenvalue weighted by Gasteiger charge is 2.35. The molecule has 2 N–H and O–H groups in total. The van der Waals surface area contributed by atoms with Crippen molar-refractivity contribution in [1.29, 1.82) is 0 Å². The monoisotopic (exact) mass is 294 g/mol. The van der Waals surface area contributed by atoms with E-state index in [4.69, 9.17) is 0 Å². The predicted octanol–water partition coefficient (Wildman–Crippen LogP) is 3.91. The molecule has 3 heteroatoms. The Morgan fingerprint density at radius 1 is 0.909 bits per heavy atom. The lowest BCUT2D eigenvalue weighted by molar-refractivity contribution is 0.110. The highest BCUT2D eigenvalue weighted by atomic mass is 16.5. The first-order valence-corrected chi connectivity index (χ1v) is 7.66. The van der Waals surface area contributed by atoms with E-state index in [1.807, 2.05) is 12.1 Å². The molecule has 0 spiro atoms. The normalized spacial score (nSPS) is 25.6. The topological polar surface area (TPSA) is 35.5 Å². The quantitative estimate of drug-likeness (QED) is 0.842. The smallest absolute Gasteiger partial charge is 0.0555 e. The van der Waals surface area contributed by atoms with Crippen LogP contribution < -0.4 is 5.48 Å². The van der Waals surface area contributed by atoms with Gasteiger partial charge in [-0.1, -0.05) is 67.6 Å². The number of nitrogens with zero attached hydrogens (tertiary/aromatic N) is 1. The lowest BCUT2D eigenvalue weighted by Gasteiger charge is -2.42. The number of nitrogens with one attached hydrogen (secondary N) is 1. The summed E-state index contributed by atoms with van der Waals surface area (Å²) in [6.07, 6.45) is 2.11. The summed E-state index contributed by atoms with van der Waals surface area (Å²) in [6.45, 7) is 2.14. The molecule has 1 aliphatic rings. The molecule has 0 saturated heterocycles. The van der Waals surface area contributed by atoms with Gasteiger partial charge in [0, 0.05) is 17.7 Å². The molecule has 0 saturated carbocycles. The zero-order valence-electron chi connectivity index (χ0n) is 13.0. The highest BCUT2D eigenvalue weighted by Crippen LogP contribution is 2.41. The Kier molecular flexibility index (Phi) is 4.27. The van der Waals surface area contributed by atoms with Crippen molar-refractivity contribution in [2.75, 3.05) is 7.05 Å². The largest absolute Gasteiger partial charge is 0.291 e. The van der Waals surface area contributed by atoms with Crippen molar-refractivity contribution >= 4 is 0 Å². The van der Waals surface area contributed by atoms with Gasteiger partial charge in [-0.15, -0.1) is 0 Å². The second kappa shape index (κ2) is 6.34. The van der Waals surface area contributed by atoms with Gasteiger partial charge >= 0.3 is 0 Å². The van der Waals surface area contributed by atoms with Gasteiger partial charge in [0.1, 0.15) is 0 Å². The van der Waals surface area contributed by atoms with Crippen LogP contribution in [0.4, 0.5) is 0 Å². The van der Waals surface area contributed by atoms with Crippen molar-refractivity contribution in [3.05, 3.63) is 83.6 Å². The molecule has 3 rings (SSSR count). The molecule has 1 heterocycles. The minimum absolute atomic E-state index is 0.136. The number of hydrogen-bond donors (Lipinski definition) is 2. The summed E-state index contributed by atoms with van der Waals surface area (Å²) in [5.74, 6) is 0.192. The van der Waals surface area contributed by atoms with Gasteiger partial charge in [-0.05, 0) is 24.3 Å². The van der Waals surface area contributed by atoms with Crippen LogP contribution in [0.1, 0.15) is 30.1 Å². The van der Waals surface area contributed by atoms with Crippen molar-refractivity contribution < 1.29 is 5.21 Å². The maximum absolute atomic E-state index is 9.54. The zero-order valence-corrected chi connectivity index (χ0v) is 13.0. The fraction of sp³-hybridized carbons (Fsp3) is 0.263. The fourth-order valence-corrected chi connectivity index (χ4v) is 3.43. The average molecular weight is 294 g/mol. The molecule has 0 aliphatic carbocycles. The molecule has 0 amide bonds. The molecular weight excluding hydrogens is 272 g/mol. The number of hydrogen-bond acceptors (Lipinski definition) is 3. The first kappa shape index (κ1) is 14.8. The van der Waals surface area contributed by atoms with E-state index in [1.54, 1.807) is 0 Å². The number of likely N-dealkylation sites (N-methyl/N-ethyl adjacent to an activating group) is 1. The molecule has 0 radical (unpaired) electrons. The molecule has 0 aromatic heterocycles. The van der Waals surface area contributed by atoms with Gasteiger partial charge in [0.25, 0.3) is 0 Å². The Hall–Kier alpha value is -2.10. The van der Waals surface area contributed by atoms with Crippen molar-refractivity contribution in [2.45, 2.75) is 19.0 Å². The van der Waals surface area contributed by atoms with Crippen LogP contribution in [0.3, 0.4) is 0 Å². The molecule has 0 bridgehead atoms. The van der Waals surface area contributed by atoms with Crippen LogP contribution in [-0.4, -0.2) is 17.2 Å². The third kappa shape index (κ3) is 2.65. The van der Waals surface area contributed by atoms with Gasteiger partial charge < -0.3 is 0 Å². The van der Waals surface area contributed by atoms with Crippen molar-refractivity contribution in [3.8, 4) is 0 Å². The third-order valence-corrected chi connectivity index (χ3v) is 4.59. The molecule has 3 atom stereocenters. The Labute approximate surface area is 131 Å². The first-order chi connectivity index (χ1) is 10.7. The minimum Gasteiger partial charge on any atom is -0.291 e. The van der Waals surface area contributed by atoms with Crippen LogP contribution in [0.2, 0.25) is 0 Å². The summed E-state index contributed by atoms with van der Waals surface area (Å²) in [4.78, 5) is 2.37. The van der Waals surface area contributed by atoms with E-state index in [0.29, 0.717) is 0 Å². The maximum Gasteiger partial charge on any atom is 0.0555 e. The molecule has 1 aliphatic heterocycles. The zero-order chi connectivity index (χ0) is 15.5. The van der Waals surface area contributed by atoms with Gasteiger partial charge in [-0.3, -0.25) is 15.6 Å². The SMILES string of the molecule is C[C@H]1C(NO)=C[C@H](c2ccccc2)N(C)[C@@H]1c1ccccc1. The maximum atomic E-state index is 9.54. The molecule has 2 aromatic rings. The van der Waals surface area contributed by atoms with E-state index >= 15 is 0 Å². The van der Waals surface area contributed by atoms with E-state index < -0.39 is 0 Å². The summed E-state index contributed by atoms with van der Waals surface area (Å²) >= 11 is 0. The molecule has 0 unspecified atom stereocenters. The Balaban J connectivity index is 2.04. The van der Waals surface area contributed by atoms with Gasteiger partial charge in [0.05, 0.1) is 6.04 Å². The molecule has 0 fully saturated rings. The van der Waals surface area contributed by atoms with Crippen molar-refractivity contribution in [3.63, 3.8) is 0 Å². The van der Waals surface area contributed by atoms with Crippen molar-refractivity contribution in [1.82, 2.24) is 10.4 Å². The van der Waals surface area contributed by atoms with Crippen LogP contribution in [0.5, 0.6) is 0 Å². The number of hydroxylamine groups is 1. The second-order valence-electron chi connectivity index (χ2n) is 5.90. The summed E-state index contributed by atoms with van der Waals surface area (Å²) in [5, 5.41) is 9.54. The standard InChI is InChI=1S/C19H22N2O/c1-14-17(20-22)13-18(15-9-5-3-6-10-15)21(2)19(14)16-11-7-4-8-12-16/h3-14,18-20,22H,1-2H3/t14-,18+,19-/m0/s1. The van der Waals surface area contributed by atoms with E-state index in [2.05, 4.69) is 79.0 Å². The van der Waals surface area contributed by atoms with Gasteiger partial charge in [0.2, 0.25) is 0 Å². The minimum atomic E-state index is 0.136. The molecule has 114 valence electrons. The van der Waals surface area contributed by atoms with Crippen molar-refractivity contribution in [2.24, 2.45) is 5.92 Å². The highest BCUT2D eigenvalue weighted by molar-refractivity contribution is 5.31. The van der Waals surface area contributed by atoms with Crippen LogP contribution in [0, 0.1) is 5.92 Å². The van der Waals surface area contributed by atoms with Gasteiger partial charge in [0.15, 0.2) is 0 Å². The van der Waals surface area contributed by atoms with Gasteiger partial charge in [-0.25, -0.2) is 0 Å². The first-order valence-electron chi connectivity index (χ1n) is 7.66. The van der Waals surface area contributed by atoms with E-state index in [9.17, 15) is 5.21 Å². The van der Waals surface area contributed by atoms with E-state index in [1.165, 1.54) is 11.1 Å². The van der Waals surface area contributed by atoms with Gasteiger partial charge in [-0.2, -0.15) is 0 Å². The average Bonchev–Trinajstić information content (AvgIpc) is 2.57. The summed E-state index contributed by atoms with van der Waals surface area (Å²) < 4.78 is 0. The van der Waals surface area contributed by atoms with E-state index in [0.717, 1.165) is 5.70 Å². The summed E-state index contributed by atoms with van der Waals surface area (Å²) in [6, 6.07) is 21.2. The Bertz CT molecular complexity index is 639. The molecule has 2 aromatic carbocycles. The Morgan fingerprint density at radius 2 is 1.45 bits per heavy atom. The lowest BCUT2D eigenvalue weighted by Crippen LogP contribution is -2.39. The predicted molar refractivity (Wildman–Crippen MR) is 88.3 cm³/mol.